The van der Waals surface area contributed by atoms with Crippen LogP contribution in [0.3, 0.4) is 0 Å². The Morgan fingerprint density at radius 1 is 1.32 bits per heavy atom. The minimum absolute atomic E-state index is 0.0490. The van der Waals surface area contributed by atoms with Gasteiger partial charge in [-0.2, -0.15) is 0 Å². The smallest absolute Gasteiger partial charge is 0.320 e. The number of esters is 1. The second kappa shape index (κ2) is 7.85. The second-order valence-electron chi connectivity index (χ2n) is 6.00. The molecule has 19 heavy (non-hydrogen) atoms. The van der Waals surface area contributed by atoms with E-state index in [1.54, 1.807) is 0 Å². The molecular weight excluding hydrogens is 240 g/mol. The zero-order chi connectivity index (χ0) is 13.5. The molecule has 4 heteroatoms. The van der Waals surface area contributed by atoms with Gasteiger partial charge in [0.05, 0.1) is 13.2 Å². The lowest BCUT2D eigenvalue weighted by molar-refractivity contribution is -0.145. The zero-order valence-corrected chi connectivity index (χ0v) is 12.2. The third-order valence-corrected chi connectivity index (χ3v) is 3.97. The Morgan fingerprint density at radius 2 is 2.16 bits per heavy atom. The number of nitrogens with zero attached hydrogens (tertiary/aromatic N) is 1. The Balaban J connectivity index is 1.70. The van der Waals surface area contributed by atoms with E-state index in [2.05, 4.69) is 17.1 Å². The molecule has 1 aliphatic carbocycles. The topological polar surface area (TPSA) is 41.6 Å². The molecule has 1 atom stereocenters. The van der Waals surface area contributed by atoms with Crippen LogP contribution in [0.15, 0.2) is 0 Å². The van der Waals surface area contributed by atoms with Crippen molar-refractivity contribution < 1.29 is 9.53 Å². The van der Waals surface area contributed by atoms with E-state index in [0.717, 1.165) is 38.4 Å². The number of carbonyl (C=O) groups is 1. The van der Waals surface area contributed by atoms with E-state index >= 15 is 0 Å². The fraction of sp³-hybridized carbons (Fsp3) is 0.933. The molecule has 0 aromatic heterocycles. The molecule has 2 rings (SSSR count). The van der Waals surface area contributed by atoms with Crippen LogP contribution in [0.4, 0.5) is 0 Å². The van der Waals surface area contributed by atoms with E-state index in [-0.39, 0.29) is 5.97 Å². The van der Waals surface area contributed by atoms with Crippen molar-refractivity contribution in [3.63, 3.8) is 0 Å². The third kappa shape index (κ3) is 5.91. The van der Waals surface area contributed by atoms with Crippen LogP contribution in [0, 0.1) is 5.92 Å². The summed E-state index contributed by atoms with van der Waals surface area (Å²) >= 11 is 0. The summed E-state index contributed by atoms with van der Waals surface area (Å²) in [6.45, 7) is 6.36. The molecule has 1 heterocycles. The van der Waals surface area contributed by atoms with Gasteiger partial charge >= 0.3 is 5.97 Å². The van der Waals surface area contributed by atoms with Gasteiger partial charge in [0.25, 0.3) is 0 Å². The first-order valence-electron chi connectivity index (χ1n) is 7.89. The van der Waals surface area contributed by atoms with E-state index in [9.17, 15) is 4.79 Å². The van der Waals surface area contributed by atoms with E-state index in [1.807, 2.05) is 0 Å². The minimum Gasteiger partial charge on any atom is -0.465 e. The van der Waals surface area contributed by atoms with Gasteiger partial charge in [0.15, 0.2) is 0 Å². The van der Waals surface area contributed by atoms with Gasteiger partial charge in [-0.25, -0.2) is 0 Å². The molecule has 2 aliphatic rings. The van der Waals surface area contributed by atoms with E-state index in [0.29, 0.717) is 19.2 Å². The maximum atomic E-state index is 11.8. The zero-order valence-electron chi connectivity index (χ0n) is 12.2. The predicted octanol–water partition coefficient (Wildman–Crippen LogP) is 1.79. The summed E-state index contributed by atoms with van der Waals surface area (Å²) in [5.41, 5.74) is 0. The van der Waals surface area contributed by atoms with Crippen molar-refractivity contribution in [2.45, 2.75) is 51.5 Å². The Morgan fingerprint density at radius 3 is 2.79 bits per heavy atom. The monoisotopic (exact) mass is 268 g/mol. The highest BCUT2D eigenvalue weighted by atomic mass is 16.5. The van der Waals surface area contributed by atoms with Crippen LogP contribution >= 0.6 is 0 Å². The average molecular weight is 268 g/mol. The molecule has 0 radical (unpaired) electrons. The van der Waals surface area contributed by atoms with Gasteiger partial charge in [0.1, 0.15) is 0 Å². The van der Waals surface area contributed by atoms with Gasteiger partial charge in [-0.3, -0.25) is 9.69 Å². The first-order valence-corrected chi connectivity index (χ1v) is 7.89. The van der Waals surface area contributed by atoms with Gasteiger partial charge in [0.2, 0.25) is 0 Å². The molecule has 4 nitrogen and oxygen atoms in total. The molecule has 0 spiro atoms. The highest BCUT2D eigenvalue weighted by molar-refractivity contribution is 5.71. The highest BCUT2D eigenvalue weighted by Crippen LogP contribution is 2.29. The van der Waals surface area contributed by atoms with Crippen LogP contribution in [-0.2, 0) is 9.53 Å². The molecule has 1 unspecified atom stereocenters. The largest absolute Gasteiger partial charge is 0.465 e. The molecule has 1 saturated carbocycles. The number of ether oxygens (including phenoxy) is 1. The summed E-state index contributed by atoms with van der Waals surface area (Å²) in [6.07, 6.45) is 7.22. The van der Waals surface area contributed by atoms with E-state index in [1.165, 1.54) is 25.7 Å². The number of nitrogens with one attached hydrogen (secondary N) is 1. The molecule has 0 aromatic carbocycles. The highest BCUT2D eigenvalue weighted by Gasteiger charge is 2.27. The quantitative estimate of drug-likeness (QED) is 0.511. The molecular formula is C15H28N2O2. The van der Waals surface area contributed by atoms with Gasteiger partial charge in [0, 0.05) is 19.1 Å². The number of carbonyl (C=O) groups excluding carboxylic acids is 1. The van der Waals surface area contributed by atoms with Gasteiger partial charge < -0.3 is 10.1 Å². The van der Waals surface area contributed by atoms with Crippen molar-refractivity contribution in [3.05, 3.63) is 0 Å². The lowest BCUT2D eigenvalue weighted by Gasteiger charge is -2.24. The molecule has 1 aliphatic heterocycles. The molecule has 0 bridgehead atoms. The van der Waals surface area contributed by atoms with E-state index < -0.39 is 0 Å². The van der Waals surface area contributed by atoms with Gasteiger partial charge in [-0.05, 0) is 44.6 Å². The van der Waals surface area contributed by atoms with Crippen LogP contribution in [0.1, 0.15) is 45.4 Å². The molecule has 2 fully saturated rings. The summed E-state index contributed by atoms with van der Waals surface area (Å²) < 4.78 is 5.28. The van der Waals surface area contributed by atoms with Crippen LogP contribution < -0.4 is 5.32 Å². The summed E-state index contributed by atoms with van der Waals surface area (Å²) in [5.74, 6) is 0.775. The third-order valence-electron chi connectivity index (χ3n) is 3.97. The van der Waals surface area contributed by atoms with Crippen LogP contribution in [0.5, 0.6) is 0 Å². The predicted molar refractivity (Wildman–Crippen MR) is 76.1 cm³/mol. The van der Waals surface area contributed by atoms with Gasteiger partial charge in [-0.15, -0.1) is 0 Å². The number of unbranched alkanes of at least 4 members (excludes halogenated alkanes) is 1. The maximum absolute atomic E-state index is 11.8. The van der Waals surface area contributed by atoms with Crippen LogP contribution in [-0.4, -0.2) is 49.7 Å². The molecule has 110 valence electrons. The maximum Gasteiger partial charge on any atom is 0.320 e. The van der Waals surface area contributed by atoms with Crippen molar-refractivity contribution in [1.82, 2.24) is 10.2 Å². The lowest BCUT2D eigenvalue weighted by atomic mass is 10.2. The van der Waals surface area contributed by atoms with Crippen molar-refractivity contribution in [1.29, 1.82) is 0 Å². The first kappa shape index (κ1) is 14.8. The van der Waals surface area contributed by atoms with Crippen LogP contribution in [0.2, 0.25) is 0 Å². The molecule has 0 aromatic rings. The first-order chi connectivity index (χ1) is 9.28. The van der Waals surface area contributed by atoms with Crippen LogP contribution in [0.25, 0.3) is 0 Å². The molecule has 1 N–H and O–H groups in total. The lowest BCUT2D eigenvalue weighted by Crippen LogP contribution is -2.41. The average Bonchev–Trinajstić information content (AvgIpc) is 3.03. The summed E-state index contributed by atoms with van der Waals surface area (Å²) in [7, 11) is 0. The normalized spacial score (nSPS) is 22.9. The fourth-order valence-corrected chi connectivity index (χ4v) is 2.65. The van der Waals surface area contributed by atoms with Crippen molar-refractivity contribution in [2.75, 3.05) is 32.8 Å². The summed E-state index contributed by atoms with van der Waals surface area (Å²) in [5, 5.41) is 3.51. The Labute approximate surface area is 116 Å². The molecule has 0 amide bonds. The Bertz CT molecular complexity index is 273. The SMILES string of the molecule is CCCCOC(=O)CN(CC1CC1)CC1CCCN1. The second-order valence-corrected chi connectivity index (χ2v) is 6.00. The standard InChI is InChI=1S/C15H28N2O2/c1-2-3-9-19-15(18)12-17(10-13-6-7-13)11-14-5-4-8-16-14/h13-14,16H,2-12H2,1H3. The summed E-state index contributed by atoms with van der Waals surface area (Å²) in [4.78, 5) is 14.1. The minimum atomic E-state index is -0.0490. The number of hydrogen-bond acceptors (Lipinski definition) is 4. The van der Waals surface area contributed by atoms with Crippen molar-refractivity contribution in [2.24, 2.45) is 5.92 Å². The fourth-order valence-electron chi connectivity index (χ4n) is 2.65. The Kier molecular flexibility index (Phi) is 6.11. The van der Waals surface area contributed by atoms with Crippen molar-refractivity contribution in [3.8, 4) is 0 Å². The van der Waals surface area contributed by atoms with Crippen molar-refractivity contribution >= 4 is 5.97 Å². The number of hydrogen-bond donors (Lipinski definition) is 1. The van der Waals surface area contributed by atoms with Gasteiger partial charge in [-0.1, -0.05) is 13.3 Å². The van der Waals surface area contributed by atoms with E-state index in [4.69, 9.17) is 4.74 Å². The Hall–Kier alpha value is -0.610. The molecule has 1 saturated heterocycles. The number of rotatable bonds is 9. The summed E-state index contributed by atoms with van der Waals surface area (Å²) in [6, 6.07) is 0.571.